The zero-order valence-corrected chi connectivity index (χ0v) is 12.4. The molecule has 0 aromatic heterocycles. The fraction of sp³-hybridized carbons (Fsp3) is 0.533. The molecule has 2 fully saturated rings. The first-order chi connectivity index (χ1) is 9.78. The molecule has 5 heteroatoms. The Morgan fingerprint density at radius 1 is 1.15 bits per heavy atom. The summed E-state index contributed by atoms with van der Waals surface area (Å²) in [7, 11) is 0. The highest BCUT2D eigenvalue weighted by Crippen LogP contribution is 2.27. The molecule has 1 aromatic rings. The van der Waals surface area contributed by atoms with Gasteiger partial charge in [-0.2, -0.15) is 12.6 Å². The first-order valence-electron chi connectivity index (χ1n) is 7.12. The van der Waals surface area contributed by atoms with Gasteiger partial charge in [-0.3, -0.25) is 4.79 Å². The number of hydrogen-bond donors (Lipinski definition) is 1. The molecule has 2 saturated heterocycles. The van der Waals surface area contributed by atoms with Gasteiger partial charge in [0, 0.05) is 37.4 Å². The van der Waals surface area contributed by atoms with Crippen LogP contribution in [0.4, 0.5) is 11.4 Å². The van der Waals surface area contributed by atoms with E-state index in [-0.39, 0.29) is 5.91 Å². The maximum Gasteiger partial charge on any atom is 0.227 e. The van der Waals surface area contributed by atoms with E-state index in [4.69, 9.17) is 4.74 Å². The average molecular weight is 292 g/mol. The van der Waals surface area contributed by atoms with Crippen molar-refractivity contribution in [2.75, 3.05) is 48.4 Å². The Morgan fingerprint density at radius 2 is 1.80 bits per heavy atom. The van der Waals surface area contributed by atoms with E-state index in [9.17, 15) is 4.79 Å². The fourth-order valence-electron chi connectivity index (χ4n) is 2.82. The van der Waals surface area contributed by atoms with Gasteiger partial charge in [-0.1, -0.05) is 0 Å². The minimum atomic E-state index is 0.211. The second-order valence-corrected chi connectivity index (χ2v) is 5.74. The van der Waals surface area contributed by atoms with E-state index in [0.717, 1.165) is 44.3 Å². The predicted molar refractivity (Wildman–Crippen MR) is 83.8 cm³/mol. The summed E-state index contributed by atoms with van der Waals surface area (Å²) in [6, 6.07) is 8.29. The molecule has 0 saturated carbocycles. The number of amides is 1. The molecule has 20 heavy (non-hydrogen) atoms. The Hall–Kier alpha value is -1.20. The lowest BCUT2D eigenvalue weighted by molar-refractivity contribution is -0.117. The zero-order chi connectivity index (χ0) is 13.9. The summed E-state index contributed by atoms with van der Waals surface area (Å²) >= 11 is 4.30. The van der Waals surface area contributed by atoms with E-state index >= 15 is 0 Å². The number of carbonyl (C=O) groups excluding carboxylic acids is 1. The van der Waals surface area contributed by atoms with Gasteiger partial charge in [-0.25, -0.2) is 0 Å². The van der Waals surface area contributed by atoms with Crippen LogP contribution in [-0.2, 0) is 9.53 Å². The fourth-order valence-corrected chi connectivity index (χ4v) is 3.06. The first kappa shape index (κ1) is 13.8. The second-order valence-electron chi connectivity index (χ2n) is 5.37. The number of nitrogens with zero attached hydrogens (tertiary/aromatic N) is 2. The molecule has 3 rings (SSSR count). The van der Waals surface area contributed by atoms with Crippen LogP contribution < -0.4 is 9.80 Å². The zero-order valence-electron chi connectivity index (χ0n) is 11.5. The summed E-state index contributed by atoms with van der Waals surface area (Å²) in [4.78, 5) is 16.2. The number of anilines is 2. The molecule has 1 aromatic carbocycles. The van der Waals surface area contributed by atoms with Crippen LogP contribution in [0.5, 0.6) is 0 Å². The molecule has 2 aliphatic rings. The maximum absolute atomic E-state index is 12.0. The number of thiol groups is 1. The highest BCUT2D eigenvalue weighted by atomic mass is 32.1. The molecule has 0 spiro atoms. The van der Waals surface area contributed by atoms with Crippen molar-refractivity contribution < 1.29 is 9.53 Å². The van der Waals surface area contributed by atoms with Crippen molar-refractivity contribution in [2.24, 2.45) is 5.92 Å². The van der Waals surface area contributed by atoms with E-state index in [1.54, 1.807) is 0 Å². The second kappa shape index (κ2) is 6.06. The molecule has 1 amide bonds. The molecule has 0 aliphatic carbocycles. The summed E-state index contributed by atoms with van der Waals surface area (Å²) in [5.74, 6) is 1.36. The third-order valence-electron chi connectivity index (χ3n) is 4.00. The van der Waals surface area contributed by atoms with Crippen molar-refractivity contribution in [2.45, 2.75) is 6.42 Å². The highest BCUT2D eigenvalue weighted by molar-refractivity contribution is 7.80. The van der Waals surface area contributed by atoms with E-state index in [1.165, 1.54) is 5.69 Å². The molecule has 4 nitrogen and oxygen atoms in total. The standard InChI is InChI=1S/C15H20N2O2S/c18-15-9-12(11-20)10-17(15)14-3-1-13(2-4-14)16-5-7-19-8-6-16/h1-4,12,20H,5-11H2. The lowest BCUT2D eigenvalue weighted by atomic mass is 10.1. The molecule has 1 unspecified atom stereocenters. The van der Waals surface area contributed by atoms with Gasteiger partial charge in [-0.15, -0.1) is 0 Å². The van der Waals surface area contributed by atoms with Crippen molar-refractivity contribution in [3.8, 4) is 0 Å². The van der Waals surface area contributed by atoms with Crippen molar-refractivity contribution in [1.29, 1.82) is 0 Å². The van der Waals surface area contributed by atoms with Gasteiger partial charge in [0.15, 0.2) is 0 Å². The molecule has 0 radical (unpaired) electrons. The Labute approximate surface area is 125 Å². The summed E-state index contributed by atoms with van der Waals surface area (Å²) < 4.78 is 5.36. The SMILES string of the molecule is O=C1CC(CS)CN1c1ccc(N2CCOCC2)cc1. The summed E-state index contributed by atoms with van der Waals surface area (Å²) in [6.07, 6.45) is 0.620. The van der Waals surface area contributed by atoms with Crippen molar-refractivity contribution >= 4 is 29.9 Å². The van der Waals surface area contributed by atoms with Gasteiger partial charge in [0.2, 0.25) is 5.91 Å². The minimum Gasteiger partial charge on any atom is -0.378 e. The van der Waals surface area contributed by atoms with Crippen LogP contribution >= 0.6 is 12.6 Å². The Morgan fingerprint density at radius 3 is 2.40 bits per heavy atom. The molecular formula is C15H20N2O2S. The van der Waals surface area contributed by atoms with Gasteiger partial charge in [0.25, 0.3) is 0 Å². The minimum absolute atomic E-state index is 0.211. The van der Waals surface area contributed by atoms with Crippen LogP contribution in [0, 0.1) is 5.92 Å². The van der Waals surface area contributed by atoms with E-state index in [2.05, 4.69) is 29.7 Å². The molecule has 1 atom stereocenters. The summed E-state index contributed by atoms with van der Waals surface area (Å²) in [6.45, 7) is 4.23. The van der Waals surface area contributed by atoms with Gasteiger partial charge in [0.1, 0.15) is 0 Å². The number of rotatable bonds is 3. The van der Waals surface area contributed by atoms with Gasteiger partial charge < -0.3 is 14.5 Å². The van der Waals surface area contributed by atoms with Crippen LogP contribution in [0.3, 0.4) is 0 Å². The molecule has 108 valence electrons. The Bertz CT molecular complexity index is 471. The number of benzene rings is 1. The largest absolute Gasteiger partial charge is 0.378 e. The summed E-state index contributed by atoms with van der Waals surface area (Å²) in [5, 5.41) is 0. The number of carbonyl (C=O) groups is 1. The predicted octanol–water partition coefficient (Wildman–Crippen LogP) is 1.81. The Balaban J connectivity index is 1.71. The third kappa shape index (κ3) is 2.79. The van der Waals surface area contributed by atoms with Crippen molar-refractivity contribution in [3.63, 3.8) is 0 Å². The van der Waals surface area contributed by atoms with E-state index in [1.807, 2.05) is 17.0 Å². The topological polar surface area (TPSA) is 32.8 Å². The van der Waals surface area contributed by atoms with Gasteiger partial charge in [-0.05, 0) is 35.9 Å². The molecule has 0 bridgehead atoms. The monoisotopic (exact) mass is 292 g/mol. The average Bonchev–Trinajstić information content (AvgIpc) is 2.89. The maximum atomic E-state index is 12.0. The van der Waals surface area contributed by atoms with Crippen LogP contribution in [0.25, 0.3) is 0 Å². The van der Waals surface area contributed by atoms with Crippen LogP contribution in [0.15, 0.2) is 24.3 Å². The van der Waals surface area contributed by atoms with Crippen LogP contribution in [0.1, 0.15) is 6.42 Å². The number of morpholine rings is 1. The van der Waals surface area contributed by atoms with Gasteiger partial charge in [0.05, 0.1) is 13.2 Å². The van der Waals surface area contributed by atoms with Crippen LogP contribution in [-0.4, -0.2) is 44.5 Å². The lowest BCUT2D eigenvalue weighted by Crippen LogP contribution is -2.36. The highest BCUT2D eigenvalue weighted by Gasteiger charge is 2.29. The molecule has 2 heterocycles. The molecular weight excluding hydrogens is 272 g/mol. The first-order valence-corrected chi connectivity index (χ1v) is 7.75. The summed E-state index contributed by atoms with van der Waals surface area (Å²) in [5.41, 5.74) is 2.20. The Kier molecular flexibility index (Phi) is 4.17. The third-order valence-corrected chi connectivity index (χ3v) is 4.52. The molecule has 2 aliphatic heterocycles. The number of hydrogen-bond acceptors (Lipinski definition) is 4. The van der Waals surface area contributed by atoms with E-state index in [0.29, 0.717) is 12.3 Å². The molecule has 0 N–H and O–H groups in total. The van der Waals surface area contributed by atoms with Crippen molar-refractivity contribution in [1.82, 2.24) is 0 Å². The number of ether oxygens (including phenoxy) is 1. The smallest absolute Gasteiger partial charge is 0.227 e. The normalized spacial score (nSPS) is 23.4. The quantitative estimate of drug-likeness (QED) is 0.863. The van der Waals surface area contributed by atoms with Crippen LogP contribution in [0.2, 0.25) is 0 Å². The lowest BCUT2D eigenvalue weighted by Gasteiger charge is -2.29. The van der Waals surface area contributed by atoms with E-state index < -0.39 is 0 Å². The van der Waals surface area contributed by atoms with Crippen molar-refractivity contribution in [3.05, 3.63) is 24.3 Å². The van der Waals surface area contributed by atoms with Gasteiger partial charge >= 0.3 is 0 Å².